The number of rotatable bonds is 3. The summed E-state index contributed by atoms with van der Waals surface area (Å²) in [6.07, 6.45) is 3.05. The maximum absolute atomic E-state index is 12.0. The first-order valence-corrected chi connectivity index (χ1v) is 6.59. The van der Waals surface area contributed by atoms with Gasteiger partial charge in [-0.15, -0.1) is 10.2 Å². The Morgan fingerprint density at radius 3 is 2.95 bits per heavy atom. The van der Waals surface area contributed by atoms with Gasteiger partial charge in [0, 0.05) is 13.2 Å². The molecule has 2 rings (SSSR count). The normalized spacial score (nSPS) is 10.5. The second-order valence-corrected chi connectivity index (χ2v) is 5.10. The van der Waals surface area contributed by atoms with E-state index >= 15 is 0 Å². The number of carbonyl (C=O) groups excluding carboxylic acids is 1. The zero-order chi connectivity index (χ0) is 14.0. The average Bonchev–Trinajstić information content (AvgIpc) is 2.79. The Balaban J connectivity index is 2.13. The van der Waals surface area contributed by atoms with Crippen LogP contribution in [0.4, 0.5) is 0 Å². The third-order valence-electron chi connectivity index (χ3n) is 2.59. The Morgan fingerprint density at radius 1 is 1.58 bits per heavy atom. The summed E-state index contributed by atoms with van der Waals surface area (Å²) in [6.45, 7) is 2.06. The van der Waals surface area contributed by atoms with E-state index in [0.29, 0.717) is 26.6 Å². The van der Waals surface area contributed by atoms with Crippen molar-refractivity contribution in [2.45, 2.75) is 13.5 Å². The summed E-state index contributed by atoms with van der Waals surface area (Å²) >= 11 is 9.33. The van der Waals surface area contributed by atoms with E-state index < -0.39 is 0 Å². The van der Waals surface area contributed by atoms with Crippen LogP contribution in [0, 0.1) is 6.92 Å². The number of hydrogen-bond acceptors (Lipinski definition) is 4. The van der Waals surface area contributed by atoms with Gasteiger partial charge in [0.1, 0.15) is 6.33 Å². The summed E-state index contributed by atoms with van der Waals surface area (Å²) in [5.41, 5.74) is 1.05. The van der Waals surface area contributed by atoms with Crippen molar-refractivity contribution in [3.05, 3.63) is 39.1 Å². The van der Waals surface area contributed by atoms with Gasteiger partial charge in [-0.25, -0.2) is 0 Å². The maximum atomic E-state index is 12.0. The first-order valence-electron chi connectivity index (χ1n) is 5.42. The molecule has 0 spiro atoms. The predicted octanol–water partition coefficient (Wildman–Crippen LogP) is 1.86. The highest BCUT2D eigenvalue weighted by Crippen LogP contribution is 2.27. The van der Waals surface area contributed by atoms with Gasteiger partial charge in [0.25, 0.3) is 5.91 Å². The lowest BCUT2D eigenvalue weighted by Gasteiger charge is -2.08. The van der Waals surface area contributed by atoms with Gasteiger partial charge in [0.15, 0.2) is 5.82 Å². The number of aromatic nitrogens is 4. The Hall–Kier alpha value is -1.47. The predicted molar refractivity (Wildman–Crippen MR) is 73.9 cm³/mol. The van der Waals surface area contributed by atoms with Crippen molar-refractivity contribution >= 4 is 33.4 Å². The maximum Gasteiger partial charge on any atom is 0.254 e. The lowest BCUT2D eigenvalue weighted by Crippen LogP contribution is -2.25. The number of hydrogen-bond donors (Lipinski definition) is 1. The summed E-state index contributed by atoms with van der Waals surface area (Å²) in [4.78, 5) is 16.1. The highest BCUT2D eigenvalue weighted by Gasteiger charge is 2.15. The van der Waals surface area contributed by atoms with Crippen molar-refractivity contribution in [3.63, 3.8) is 0 Å². The summed E-state index contributed by atoms with van der Waals surface area (Å²) in [6, 6.07) is 0. The van der Waals surface area contributed by atoms with Crippen LogP contribution in [0.25, 0.3) is 0 Å². The third-order valence-corrected chi connectivity index (χ3v) is 4.11. The number of halogens is 2. The SMILES string of the molecule is Cc1ncc(C(=O)NCc2nncn2C)c(Br)c1Cl. The van der Waals surface area contributed by atoms with Crippen LogP contribution in [-0.4, -0.2) is 25.7 Å². The molecular weight excluding hydrogens is 334 g/mol. The van der Waals surface area contributed by atoms with Crippen LogP contribution < -0.4 is 5.32 Å². The fourth-order valence-corrected chi connectivity index (χ4v) is 2.15. The van der Waals surface area contributed by atoms with Crippen molar-refractivity contribution < 1.29 is 4.79 Å². The molecule has 6 nitrogen and oxygen atoms in total. The summed E-state index contributed by atoms with van der Waals surface area (Å²) in [5.74, 6) is 0.389. The van der Waals surface area contributed by atoms with E-state index in [-0.39, 0.29) is 12.5 Å². The summed E-state index contributed by atoms with van der Waals surface area (Å²) < 4.78 is 2.27. The van der Waals surface area contributed by atoms with Crippen LogP contribution in [0.5, 0.6) is 0 Å². The lowest BCUT2D eigenvalue weighted by molar-refractivity contribution is 0.0948. The largest absolute Gasteiger partial charge is 0.345 e. The molecule has 0 saturated carbocycles. The standard InChI is InChI=1S/C11H11BrClN5O/c1-6-10(13)9(12)7(3-14-6)11(19)15-4-8-17-16-5-18(8)2/h3,5H,4H2,1-2H3,(H,15,19). The fourth-order valence-electron chi connectivity index (χ4n) is 1.43. The molecule has 0 aliphatic rings. The first kappa shape index (κ1) is 14.0. The van der Waals surface area contributed by atoms with Gasteiger partial charge < -0.3 is 9.88 Å². The average molecular weight is 345 g/mol. The Morgan fingerprint density at radius 2 is 2.32 bits per heavy atom. The van der Waals surface area contributed by atoms with E-state index in [4.69, 9.17) is 11.6 Å². The highest BCUT2D eigenvalue weighted by molar-refractivity contribution is 9.10. The van der Waals surface area contributed by atoms with E-state index in [1.165, 1.54) is 6.20 Å². The molecule has 2 heterocycles. The van der Waals surface area contributed by atoms with E-state index in [1.807, 2.05) is 7.05 Å². The van der Waals surface area contributed by atoms with Crippen LogP contribution in [0.1, 0.15) is 21.9 Å². The molecule has 0 saturated heterocycles. The molecule has 0 radical (unpaired) electrons. The van der Waals surface area contributed by atoms with Crippen LogP contribution in [0.3, 0.4) is 0 Å². The molecular formula is C11H11BrClN5O. The molecule has 0 fully saturated rings. The van der Waals surface area contributed by atoms with Crippen molar-refractivity contribution in [2.24, 2.45) is 7.05 Å². The first-order chi connectivity index (χ1) is 9.00. The summed E-state index contributed by atoms with van der Waals surface area (Å²) in [5, 5.41) is 10.8. The Labute approximate surface area is 123 Å². The zero-order valence-corrected chi connectivity index (χ0v) is 12.7. The zero-order valence-electron chi connectivity index (χ0n) is 10.3. The topological polar surface area (TPSA) is 72.7 Å². The van der Waals surface area contributed by atoms with Gasteiger partial charge in [-0.05, 0) is 22.9 Å². The number of amides is 1. The molecule has 19 heavy (non-hydrogen) atoms. The Bertz CT molecular complexity index is 628. The van der Waals surface area contributed by atoms with E-state index in [2.05, 4.69) is 36.4 Å². The van der Waals surface area contributed by atoms with Crippen LogP contribution in [0.2, 0.25) is 5.02 Å². The van der Waals surface area contributed by atoms with Gasteiger partial charge >= 0.3 is 0 Å². The summed E-state index contributed by atoms with van der Waals surface area (Å²) in [7, 11) is 1.81. The molecule has 0 aliphatic carbocycles. The van der Waals surface area contributed by atoms with Crippen molar-refractivity contribution in [3.8, 4) is 0 Å². The molecule has 0 unspecified atom stereocenters. The molecule has 0 aliphatic heterocycles. The quantitative estimate of drug-likeness (QED) is 0.922. The fraction of sp³-hybridized carbons (Fsp3) is 0.273. The van der Waals surface area contributed by atoms with Gasteiger partial charge in [-0.1, -0.05) is 11.6 Å². The lowest BCUT2D eigenvalue weighted by atomic mass is 10.2. The number of nitrogens with zero attached hydrogens (tertiary/aromatic N) is 4. The monoisotopic (exact) mass is 343 g/mol. The third kappa shape index (κ3) is 2.93. The molecule has 1 amide bonds. The number of carbonyl (C=O) groups is 1. The molecule has 2 aromatic rings. The van der Waals surface area contributed by atoms with Crippen molar-refractivity contribution in [2.75, 3.05) is 0 Å². The number of aryl methyl sites for hydroxylation is 2. The van der Waals surface area contributed by atoms with Gasteiger partial charge in [-0.3, -0.25) is 9.78 Å². The van der Waals surface area contributed by atoms with E-state index in [0.717, 1.165) is 0 Å². The van der Waals surface area contributed by atoms with Crippen molar-refractivity contribution in [1.29, 1.82) is 0 Å². The van der Waals surface area contributed by atoms with Crippen molar-refractivity contribution in [1.82, 2.24) is 25.1 Å². The van der Waals surface area contributed by atoms with Gasteiger partial charge in [0.2, 0.25) is 0 Å². The van der Waals surface area contributed by atoms with Crippen LogP contribution in [0.15, 0.2) is 17.0 Å². The molecule has 8 heteroatoms. The molecule has 100 valence electrons. The number of nitrogens with one attached hydrogen (secondary N) is 1. The van der Waals surface area contributed by atoms with Gasteiger partial charge in [-0.2, -0.15) is 0 Å². The smallest absolute Gasteiger partial charge is 0.254 e. The van der Waals surface area contributed by atoms with Gasteiger partial charge in [0.05, 0.1) is 27.3 Å². The Kier molecular flexibility index (Phi) is 4.16. The second-order valence-electron chi connectivity index (χ2n) is 3.93. The van der Waals surface area contributed by atoms with E-state index in [9.17, 15) is 4.79 Å². The van der Waals surface area contributed by atoms with Crippen LogP contribution in [-0.2, 0) is 13.6 Å². The second kappa shape index (κ2) is 5.66. The molecule has 0 atom stereocenters. The minimum absolute atomic E-state index is 0.274. The number of pyridine rings is 1. The molecule has 0 aromatic carbocycles. The van der Waals surface area contributed by atoms with E-state index in [1.54, 1.807) is 17.8 Å². The van der Waals surface area contributed by atoms with Crippen LogP contribution >= 0.6 is 27.5 Å². The molecule has 2 aromatic heterocycles. The molecule has 1 N–H and O–H groups in total. The highest BCUT2D eigenvalue weighted by atomic mass is 79.9. The minimum Gasteiger partial charge on any atom is -0.345 e. The minimum atomic E-state index is -0.274. The molecule has 0 bridgehead atoms.